The van der Waals surface area contributed by atoms with Gasteiger partial charge in [-0.3, -0.25) is 4.79 Å². The molecule has 3 heteroatoms. The van der Waals surface area contributed by atoms with Crippen LogP contribution >= 0.6 is 0 Å². The lowest BCUT2D eigenvalue weighted by Crippen LogP contribution is -2.36. The number of amides is 1. The summed E-state index contributed by atoms with van der Waals surface area (Å²) in [4.78, 5) is 12.0. The Labute approximate surface area is 131 Å². The lowest BCUT2D eigenvalue weighted by atomic mass is 9.84. The van der Waals surface area contributed by atoms with Crippen molar-refractivity contribution in [2.24, 2.45) is 0 Å². The topological polar surface area (TPSA) is 29.1 Å². The summed E-state index contributed by atoms with van der Waals surface area (Å²) in [6.07, 6.45) is 0.718. The van der Waals surface area contributed by atoms with Crippen molar-refractivity contribution in [2.75, 3.05) is 6.54 Å². The molecule has 0 bridgehead atoms. The first-order valence-corrected chi connectivity index (χ1v) is 7.55. The second-order valence-corrected chi connectivity index (χ2v) is 6.12. The van der Waals surface area contributed by atoms with Gasteiger partial charge in [-0.05, 0) is 23.6 Å². The predicted molar refractivity (Wildman–Crippen MR) is 87.2 cm³/mol. The summed E-state index contributed by atoms with van der Waals surface area (Å²) in [7, 11) is 0. The highest BCUT2D eigenvalue weighted by Gasteiger charge is 2.20. The largest absolute Gasteiger partial charge is 0.355 e. The van der Waals surface area contributed by atoms with Gasteiger partial charge >= 0.3 is 0 Å². The van der Waals surface area contributed by atoms with Crippen molar-refractivity contribution in [3.8, 4) is 0 Å². The van der Waals surface area contributed by atoms with E-state index in [9.17, 15) is 9.18 Å². The third-order valence-electron chi connectivity index (χ3n) is 3.86. The molecule has 1 amide bonds. The molecule has 0 fully saturated rings. The highest BCUT2D eigenvalue weighted by Crippen LogP contribution is 2.21. The smallest absolute Gasteiger partial charge is 0.220 e. The number of benzene rings is 2. The molecule has 116 valence electrons. The molecule has 22 heavy (non-hydrogen) atoms. The monoisotopic (exact) mass is 299 g/mol. The average molecular weight is 299 g/mol. The van der Waals surface area contributed by atoms with Crippen LogP contribution in [0.15, 0.2) is 54.6 Å². The molecule has 0 saturated heterocycles. The van der Waals surface area contributed by atoms with Crippen molar-refractivity contribution >= 4 is 5.91 Å². The molecule has 0 aromatic heterocycles. The Balaban J connectivity index is 1.84. The van der Waals surface area contributed by atoms with Gasteiger partial charge in [-0.1, -0.05) is 62.4 Å². The Morgan fingerprint density at radius 1 is 1.05 bits per heavy atom. The third kappa shape index (κ3) is 4.42. The SMILES string of the molecule is CC(C)(CNC(=O)CCc1ccccc1F)c1ccccc1. The van der Waals surface area contributed by atoms with Crippen molar-refractivity contribution in [1.82, 2.24) is 5.32 Å². The number of hydrogen-bond donors (Lipinski definition) is 1. The number of halogens is 1. The number of carbonyl (C=O) groups is 1. The Hall–Kier alpha value is -2.16. The molecule has 0 heterocycles. The fourth-order valence-corrected chi connectivity index (χ4v) is 2.35. The Morgan fingerprint density at radius 3 is 2.36 bits per heavy atom. The van der Waals surface area contributed by atoms with Crippen molar-refractivity contribution in [2.45, 2.75) is 32.1 Å². The van der Waals surface area contributed by atoms with Gasteiger partial charge in [0.1, 0.15) is 5.82 Å². The molecule has 0 atom stereocenters. The van der Waals surface area contributed by atoms with Crippen LogP contribution in [0.3, 0.4) is 0 Å². The average Bonchev–Trinajstić information content (AvgIpc) is 2.53. The molecule has 0 radical (unpaired) electrons. The number of aryl methyl sites for hydroxylation is 1. The zero-order chi connectivity index (χ0) is 16.0. The van der Waals surface area contributed by atoms with Gasteiger partial charge in [0.15, 0.2) is 0 Å². The first-order valence-electron chi connectivity index (χ1n) is 7.55. The van der Waals surface area contributed by atoms with Crippen LogP contribution in [0.2, 0.25) is 0 Å². The van der Waals surface area contributed by atoms with Gasteiger partial charge < -0.3 is 5.32 Å². The standard InChI is InChI=1S/C19H22FNO/c1-19(2,16-9-4-3-5-10-16)14-21-18(22)13-12-15-8-6-7-11-17(15)20/h3-11H,12-14H2,1-2H3,(H,21,22). The minimum atomic E-state index is -0.250. The van der Waals surface area contributed by atoms with Gasteiger partial charge in [-0.25, -0.2) is 4.39 Å². The van der Waals surface area contributed by atoms with E-state index in [0.717, 1.165) is 0 Å². The summed E-state index contributed by atoms with van der Waals surface area (Å²) in [6.45, 7) is 4.76. The maximum Gasteiger partial charge on any atom is 0.220 e. The van der Waals surface area contributed by atoms with E-state index in [1.165, 1.54) is 11.6 Å². The molecule has 0 aliphatic carbocycles. The molecule has 2 aromatic rings. The summed E-state index contributed by atoms with van der Waals surface area (Å²) >= 11 is 0. The summed E-state index contributed by atoms with van der Waals surface area (Å²) in [5.41, 5.74) is 1.64. The Morgan fingerprint density at radius 2 is 1.68 bits per heavy atom. The minimum Gasteiger partial charge on any atom is -0.355 e. The Bertz CT molecular complexity index is 622. The van der Waals surface area contributed by atoms with Crippen molar-refractivity contribution < 1.29 is 9.18 Å². The van der Waals surface area contributed by atoms with Crippen LogP contribution in [-0.4, -0.2) is 12.5 Å². The summed E-state index contributed by atoms with van der Waals surface area (Å²) in [5, 5.41) is 2.95. The first-order chi connectivity index (χ1) is 10.5. The summed E-state index contributed by atoms with van der Waals surface area (Å²) in [6, 6.07) is 16.7. The second-order valence-electron chi connectivity index (χ2n) is 6.12. The number of nitrogens with one attached hydrogen (secondary N) is 1. The van der Waals surface area contributed by atoms with Crippen LogP contribution in [0.1, 0.15) is 31.4 Å². The maximum absolute atomic E-state index is 13.5. The van der Waals surface area contributed by atoms with Crippen LogP contribution in [0.5, 0.6) is 0 Å². The zero-order valence-corrected chi connectivity index (χ0v) is 13.1. The number of rotatable bonds is 6. The fourth-order valence-electron chi connectivity index (χ4n) is 2.35. The molecule has 0 aliphatic rings. The van der Waals surface area contributed by atoms with Gasteiger partial charge in [-0.2, -0.15) is 0 Å². The first kappa shape index (κ1) is 16.2. The van der Waals surface area contributed by atoms with E-state index in [2.05, 4.69) is 31.3 Å². The van der Waals surface area contributed by atoms with E-state index in [0.29, 0.717) is 24.9 Å². The van der Waals surface area contributed by atoms with Crippen LogP contribution in [0.4, 0.5) is 4.39 Å². The minimum absolute atomic E-state index is 0.0488. The molecule has 2 nitrogen and oxygen atoms in total. The van der Waals surface area contributed by atoms with E-state index in [1.807, 2.05) is 18.2 Å². The molecule has 2 aromatic carbocycles. The van der Waals surface area contributed by atoms with E-state index in [1.54, 1.807) is 18.2 Å². The van der Waals surface area contributed by atoms with Gasteiger partial charge in [0.25, 0.3) is 0 Å². The van der Waals surface area contributed by atoms with Crippen molar-refractivity contribution in [1.29, 1.82) is 0 Å². The van der Waals surface area contributed by atoms with Crippen molar-refractivity contribution in [3.63, 3.8) is 0 Å². The molecule has 1 N–H and O–H groups in total. The highest BCUT2D eigenvalue weighted by molar-refractivity contribution is 5.76. The highest BCUT2D eigenvalue weighted by atomic mass is 19.1. The number of carbonyl (C=O) groups excluding carboxylic acids is 1. The molecule has 0 aliphatic heterocycles. The molecule has 0 saturated carbocycles. The quantitative estimate of drug-likeness (QED) is 0.862. The van der Waals surface area contributed by atoms with Crippen LogP contribution in [0, 0.1) is 5.82 Å². The van der Waals surface area contributed by atoms with Crippen molar-refractivity contribution in [3.05, 3.63) is 71.5 Å². The molecular formula is C19H22FNO. The van der Waals surface area contributed by atoms with Gasteiger partial charge in [0, 0.05) is 18.4 Å². The van der Waals surface area contributed by atoms with E-state index < -0.39 is 0 Å². The molecule has 0 spiro atoms. The fraction of sp³-hybridized carbons (Fsp3) is 0.316. The molecule has 2 rings (SSSR count). The zero-order valence-electron chi connectivity index (χ0n) is 13.1. The van der Waals surface area contributed by atoms with Gasteiger partial charge in [0.2, 0.25) is 5.91 Å². The van der Waals surface area contributed by atoms with E-state index in [-0.39, 0.29) is 17.1 Å². The summed E-state index contributed by atoms with van der Waals surface area (Å²) in [5.74, 6) is -0.299. The van der Waals surface area contributed by atoms with Crippen LogP contribution < -0.4 is 5.32 Å². The van der Waals surface area contributed by atoms with E-state index in [4.69, 9.17) is 0 Å². The third-order valence-corrected chi connectivity index (χ3v) is 3.86. The molecule has 0 unspecified atom stereocenters. The molecular weight excluding hydrogens is 277 g/mol. The lowest BCUT2D eigenvalue weighted by molar-refractivity contribution is -0.121. The summed E-state index contributed by atoms with van der Waals surface area (Å²) < 4.78 is 13.5. The Kier molecular flexibility index (Phi) is 5.31. The van der Waals surface area contributed by atoms with E-state index >= 15 is 0 Å². The van der Waals surface area contributed by atoms with Gasteiger partial charge in [-0.15, -0.1) is 0 Å². The van der Waals surface area contributed by atoms with Crippen LogP contribution in [-0.2, 0) is 16.6 Å². The number of hydrogen-bond acceptors (Lipinski definition) is 1. The normalized spacial score (nSPS) is 11.2. The lowest BCUT2D eigenvalue weighted by Gasteiger charge is -2.25. The predicted octanol–water partition coefficient (Wildman–Crippen LogP) is 3.85. The van der Waals surface area contributed by atoms with Crippen LogP contribution in [0.25, 0.3) is 0 Å². The maximum atomic E-state index is 13.5. The van der Waals surface area contributed by atoms with Gasteiger partial charge in [0.05, 0.1) is 0 Å². The second kappa shape index (κ2) is 7.21.